The minimum absolute atomic E-state index is 0.208. The van der Waals surface area contributed by atoms with Crippen LogP contribution in [0, 0.1) is 0 Å². The van der Waals surface area contributed by atoms with Gasteiger partial charge in [0.1, 0.15) is 7.28 Å². The summed E-state index contributed by atoms with van der Waals surface area (Å²) in [5.74, 6) is -0.417. The first-order chi connectivity index (χ1) is 9.54. The summed E-state index contributed by atoms with van der Waals surface area (Å²) in [6, 6.07) is 6.96. The zero-order chi connectivity index (χ0) is 14.7. The zero-order valence-corrected chi connectivity index (χ0v) is 12.2. The van der Waals surface area contributed by atoms with Gasteiger partial charge in [0, 0.05) is 0 Å². The van der Waals surface area contributed by atoms with Crippen molar-refractivity contribution in [1.82, 2.24) is 4.90 Å². The molecule has 1 aromatic carbocycles. The fourth-order valence-corrected chi connectivity index (χ4v) is 2.46. The second-order valence-corrected chi connectivity index (χ2v) is 5.18. The van der Waals surface area contributed by atoms with Crippen molar-refractivity contribution in [2.75, 3.05) is 6.54 Å². The molecule has 0 unspecified atom stereocenters. The fraction of sp³-hybridized carbons (Fsp3) is 0.312. The molecule has 0 N–H and O–H groups in total. The summed E-state index contributed by atoms with van der Waals surface area (Å²) in [5, 5.41) is 0. The zero-order valence-electron chi connectivity index (χ0n) is 12.2. The van der Waals surface area contributed by atoms with E-state index in [9.17, 15) is 9.59 Å². The maximum atomic E-state index is 12.2. The van der Waals surface area contributed by atoms with E-state index in [0.29, 0.717) is 17.7 Å². The van der Waals surface area contributed by atoms with Crippen LogP contribution >= 0.6 is 0 Å². The maximum absolute atomic E-state index is 12.2. The molecule has 0 saturated heterocycles. The van der Waals surface area contributed by atoms with E-state index >= 15 is 0 Å². The van der Waals surface area contributed by atoms with Crippen LogP contribution in [0.25, 0.3) is 0 Å². The number of carbonyl (C=O) groups is 2. The minimum atomic E-state index is -0.208. The molecule has 2 amide bonds. The summed E-state index contributed by atoms with van der Waals surface area (Å²) in [6.45, 7) is 6.36. The molecule has 0 fully saturated rings. The van der Waals surface area contributed by atoms with Gasteiger partial charge in [-0.3, -0.25) is 14.5 Å². The summed E-state index contributed by atoms with van der Waals surface area (Å²) in [4.78, 5) is 25.7. The molecule has 0 bridgehead atoms. The molecule has 1 aliphatic rings. The Kier molecular flexibility index (Phi) is 4.26. The highest BCUT2D eigenvalue weighted by atomic mass is 16.2. The average Bonchev–Trinajstić information content (AvgIpc) is 2.65. The standard InChI is InChI=1S/C16H18BNO2/c1-11(9-17-3)8-12(2)10-18-15(19)13-6-4-5-7-14(13)16(18)20/h4-7,17H,9-10H2,1-3H3. The molecule has 102 valence electrons. The topological polar surface area (TPSA) is 37.4 Å². The predicted molar refractivity (Wildman–Crippen MR) is 81.5 cm³/mol. The highest BCUT2D eigenvalue weighted by Crippen LogP contribution is 2.23. The van der Waals surface area contributed by atoms with Gasteiger partial charge in [0.05, 0.1) is 17.7 Å². The van der Waals surface area contributed by atoms with Crippen LogP contribution in [-0.2, 0) is 0 Å². The van der Waals surface area contributed by atoms with Crippen LogP contribution in [0.2, 0.25) is 13.1 Å². The number of carbonyl (C=O) groups excluding carboxylic acids is 2. The number of benzene rings is 1. The van der Waals surface area contributed by atoms with Gasteiger partial charge in [0.25, 0.3) is 11.8 Å². The van der Waals surface area contributed by atoms with Gasteiger partial charge >= 0.3 is 0 Å². The van der Waals surface area contributed by atoms with E-state index in [0.717, 1.165) is 24.7 Å². The molecule has 0 atom stereocenters. The van der Waals surface area contributed by atoms with Crippen molar-refractivity contribution in [3.63, 3.8) is 0 Å². The Morgan fingerprint density at radius 3 is 2.15 bits per heavy atom. The SMILES string of the molecule is CBCC(C)=C=C(C)CN1C(=O)c2ccccc2C1=O. The Balaban J connectivity index is 2.23. The fourth-order valence-electron chi connectivity index (χ4n) is 2.46. The molecule has 3 nitrogen and oxygen atoms in total. The maximum Gasteiger partial charge on any atom is 0.261 e. The number of imide groups is 1. The Morgan fingerprint density at radius 2 is 1.65 bits per heavy atom. The third-order valence-electron chi connectivity index (χ3n) is 3.33. The van der Waals surface area contributed by atoms with Gasteiger partial charge in [-0.15, -0.1) is 5.73 Å². The number of amides is 2. The van der Waals surface area contributed by atoms with Crippen LogP contribution in [0.5, 0.6) is 0 Å². The van der Waals surface area contributed by atoms with E-state index in [4.69, 9.17) is 0 Å². The first-order valence-electron chi connectivity index (χ1n) is 6.91. The molecule has 1 heterocycles. The van der Waals surface area contributed by atoms with Gasteiger partial charge in [0.15, 0.2) is 0 Å². The van der Waals surface area contributed by atoms with Crippen LogP contribution in [-0.4, -0.2) is 30.5 Å². The van der Waals surface area contributed by atoms with Crippen molar-refractivity contribution >= 4 is 19.1 Å². The molecular formula is C16H18BNO2. The Bertz CT molecular complexity index is 592. The first kappa shape index (κ1) is 14.4. The van der Waals surface area contributed by atoms with Gasteiger partial charge in [-0.2, -0.15) is 0 Å². The largest absolute Gasteiger partial charge is 0.270 e. The van der Waals surface area contributed by atoms with E-state index in [1.54, 1.807) is 24.3 Å². The molecule has 0 saturated carbocycles. The lowest BCUT2D eigenvalue weighted by molar-refractivity contribution is 0.0668. The van der Waals surface area contributed by atoms with Crippen molar-refractivity contribution < 1.29 is 9.59 Å². The predicted octanol–water partition coefficient (Wildman–Crippen LogP) is 2.68. The van der Waals surface area contributed by atoms with Gasteiger partial charge in [-0.05, 0) is 43.4 Å². The third kappa shape index (κ3) is 2.76. The molecular weight excluding hydrogens is 249 g/mol. The minimum Gasteiger partial charge on any atom is -0.270 e. The van der Waals surface area contributed by atoms with Crippen LogP contribution in [0.1, 0.15) is 34.6 Å². The molecule has 0 spiro atoms. The van der Waals surface area contributed by atoms with Crippen molar-refractivity contribution in [3.8, 4) is 0 Å². The van der Waals surface area contributed by atoms with Crippen molar-refractivity contribution in [3.05, 3.63) is 52.3 Å². The van der Waals surface area contributed by atoms with Gasteiger partial charge in [-0.25, -0.2) is 0 Å². The van der Waals surface area contributed by atoms with E-state index in [-0.39, 0.29) is 11.8 Å². The third-order valence-corrected chi connectivity index (χ3v) is 3.33. The molecule has 1 aliphatic heterocycles. The van der Waals surface area contributed by atoms with E-state index in [1.807, 2.05) is 13.8 Å². The van der Waals surface area contributed by atoms with Crippen molar-refractivity contribution in [2.45, 2.75) is 27.0 Å². The van der Waals surface area contributed by atoms with Gasteiger partial charge in [-0.1, -0.05) is 19.0 Å². The number of hydrogen-bond donors (Lipinski definition) is 0. The second-order valence-electron chi connectivity index (χ2n) is 5.18. The van der Waals surface area contributed by atoms with E-state index < -0.39 is 0 Å². The summed E-state index contributed by atoms with van der Waals surface area (Å²) >= 11 is 0. The summed E-state index contributed by atoms with van der Waals surface area (Å²) in [6.07, 6.45) is 0.986. The highest BCUT2D eigenvalue weighted by Gasteiger charge is 2.34. The molecule has 1 aromatic rings. The summed E-state index contributed by atoms with van der Waals surface area (Å²) < 4.78 is 0. The number of rotatable bonds is 4. The van der Waals surface area contributed by atoms with E-state index in [2.05, 4.69) is 12.6 Å². The van der Waals surface area contributed by atoms with Crippen LogP contribution in [0.15, 0.2) is 41.1 Å². The lowest BCUT2D eigenvalue weighted by Crippen LogP contribution is -2.31. The molecule has 4 heteroatoms. The highest BCUT2D eigenvalue weighted by molar-refractivity contribution is 6.34. The molecule has 0 aromatic heterocycles. The number of fused-ring (bicyclic) bond motifs is 1. The lowest BCUT2D eigenvalue weighted by atomic mass is 9.75. The van der Waals surface area contributed by atoms with Crippen LogP contribution in [0.3, 0.4) is 0 Å². The number of nitrogens with zero attached hydrogens (tertiary/aromatic N) is 1. The van der Waals surface area contributed by atoms with Crippen molar-refractivity contribution in [1.29, 1.82) is 0 Å². The molecule has 0 aliphatic carbocycles. The second kappa shape index (κ2) is 5.93. The quantitative estimate of drug-likeness (QED) is 0.478. The summed E-state index contributed by atoms with van der Waals surface area (Å²) in [5.41, 5.74) is 6.32. The Morgan fingerprint density at radius 1 is 1.10 bits per heavy atom. The number of hydrogen-bond acceptors (Lipinski definition) is 2. The molecule has 2 rings (SSSR count). The average molecular weight is 267 g/mol. The normalized spacial score (nSPS) is 13.1. The van der Waals surface area contributed by atoms with E-state index in [1.165, 1.54) is 4.90 Å². The smallest absolute Gasteiger partial charge is 0.261 e. The van der Waals surface area contributed by atoms with Crippen LogP contribution in [0.4, 0.5) is 0 Å². The molecule has 20 heavy (non-hydrogen) atoms. The Labute approximate surface area is 120 Å². The Hall–Kier alpha value is -2.06. The lowest BCUT2D eigenvalue weighted by Gasteiger charge is -2.13. The first-order valence-corrected chi connectivity index (χ1v) is 6.91. The summed E-state index contributed by atoms with van der Waals surface area (Å²) in [7, 11) is 1.07. The monoisotopic (exact) mass is 267 g/mol. The van der Waals surface area contributed by atoms with Crippen molar-refractivity contribution in [2.24, 2.45) is 0 Å². The van der Waals surface area contributed by atoms with Gasteiger partial charge < -0.3 is 0 Å². The van der Waals surface area contributed by atoms with Crippen LogP contribution < -0.4 is 0 Å². The van der Waals surface area contributed by atoms with Gasteiger partial charge in [0.2, 0.25) is 0 Å². The molecule has 0 radical (unpaired) electrons.